The Hall–Kier alpha value is -1.47. The second-order valence-corrected chi connectivity index (χ2v) is 6.69. The first-order valence-corrected chi connectivity index (χ1v) is 8.46. The van der Waals surface area contributed by atoms with E-state index in [9.17, 15) is 4.79 Å². The molecule has 23 heavy (non-hydrogen) atoms. The van der Waals surface area contributed by atoms with Crippen molar-refractivity contribution >= 4 is 5.91 Å². The minimum absolute atomic E-state index is 0.111. The second-order valence-electron chi connectivity index (χ2n) is 6.69. The molecule has 1 aromatic rings. The number of nitrogens with zero attached hydrogens (tertiary/aromatic N) is 5. The van der Waals surface area contributed by atoms with Crippen molar-refractivity contribution in [2.45, 2.75) is 44.7 Å². The molecule has 3 rings (SSSR count). The van der Waals surface area contributed by atoms with Crippen LogP contribution in [0.5, 0.6) is 0 Å². The van der Waals surface area contributed by atoms with Crippen LogP contribution in [0.15, 0.2) is 0 Å². The number of likely N-dealkylation sites (tertiary alicyclic amines) is 1. The summed E-state index contributed by atoms with van der Waals surface area (Å²) in [4.78, 5) is 16.5. The van der Waals surface area contributed by atoms with Crippen LogP contribution >= 0.6 is 0 Å². The summed E-state index contributed by atoms with van der Waals surface area (Å²) in [6, 6.07) is 0.255. The molecule has 0 unspecified atom stereocenters. The Morgan fingerprint density at radius 3 is 2.78 bits per heavy atom. The number of aromatic nitrogens is 3. The van der Waals surface area contributed by atoms with Gasteiger partial charge in [-0.3, -0.25) is 9.69 Å². The van der Waals surface area contributed by atoms with Gasteiger partial charge in [0.05, 0.1) is 13.2 Å². The van der Waals surface area contributed by atoms with Crippen LogP contribution in [0.4, 0.5) is 0 Å². The molecule has 1 aliphatic heterocycles. The van der Waals surface area contributed by atoms with E-state index < -0.39 is 0 Å². The third-order valence-corrected chi connectivity index (χ3v) is 4.96. The minimum atomic E-state index is 0.111. The van der Waals surface area contributed by atoms with Crippen molar-refractivity contribution in [3.63, 3.8) is 0 Å². The molecule has 2 fully saturated rings. The fourth-order valence-corrected chi connectivity index (χ4v) is 3.35. The van der Waals surface area contributed by atoms with Crippen molar-refractivity contribution in [2.75, 3.05) is 33.4 Å². The van der Waals surface area contributed by atoms with Crippen molar-refractivity contribution in [1.82, 2.24) is 24.6 Å². The Labute approximate surface area is 137 Å². The summed E-state index contributed by atoms with van der Waals surface area (Å²) < 4.78 is 7.22. The fourth-order valence-electron chi connectivity index (χ4n) is 3.35. The summed E-state index contributed by atoms with van der Waals surface area (Å²) >= 11 is 0. The number of ether oxygens (including phenoxy) is 1. The lowest BCUT2D eigenvalue weighted by Gasteiger charge is -2.27. The van der Waals surface area contributed by atoms with Gasteiger partial charge in [-0.1, -0.05) is 0 Å². The Morgan fingerprint density at radius 1 is 1.35 bits per heavy atom. The summed E-state index contributed by atoms with van der Waals surface area (Å²) in [5, 5.41) is 8.64. The first kappa shape index (κ1) is 16.4. The molecule has 0 aromatic carbocycles. The summed E-state index contributed by atoms with van der Waals surface area (Å²) in [6.45, 7) is 5.79. The van der Waals surface area contributed by atoms with Gasteiger partial charge in [-0.15, -0.1) is 10.2 Å². The van der Waals surface area contributed by atoms with E-state index in [0.29, 0.717) is 12.5 Å². The first-order chi connectivity index (χ1) is 11.1. The van der Waals surface area contributed by atoms with Gasteiger partial charge in [0, 0.05) is 52.7 Å². The average Bonchev–Trinajstić information content (AvgIpc) is 3.15. The molecular weight excluding hydrogens is 294 g/mol. The Balaban J connectivity index is 1.64. The van der Waals surface area contributed by atoms with Crippen molar-refractivity contribution in [1.29, 1.82) is 0 Å². The molecule has 0 N–H and O–H groups in total. The van der Waals surface area contributed by atoms with Crippen molar-refractivity contribution in [3.05, 3.63) is 11.6 Å². The molecule has 1 saturated heterocycles. The quantitative estimate of drug-likeness (QED) is 0.742. The average molecular weight is 321 g/mol. The highest BCUT2D eigenvalue weighted by atomic mass is 16.5. The SMILES string of the molecule is COCCN1CC[C@H](N(Cc2nnc(C3CC3)n2C)C(C)=O)C1. The molecule has 0 radical (unpaired) electrons. The van der Waals surface area contributed by atoms with Gasteiger partial charge in [-0.05, 0) is 19.3 Å². The molecule has 1 amide bonds. The second kappa shape index (κ2) is 6.97. The zero-order chi connectivity index (χ0) is 16.4. The molecule has 7 heteroatoms. The van der Waals surface area contributed by atoms with Gasteiger partial charge in [-0.2, -0.15) is 0 Å². The molecule has 2 aliphatic rings. The molecule has 0 spiro atoms. The number of hydrogen-bond donors (Lipinski definition) is 0. The van der Waals surface area contributed by atoms with Gasteiger partial charge >= 0.3 is 0 Å². The van der Waals surface area contributed by atoms with Crippen LogP contribution in [0.25, 0.3) is 0 Å². The standard InChI is InChI=1S/C16H27N5O2/c1-12(22)21(14-6-7-20(10-14)8-9-23-3)11-15-17-18-16(19(15)2)13-4-5-13/h13-14H,4-11H2,1-3H3/t14-/m0/s1. The van der Waals surface area contributed by atoms with Crippen molar-refractivity contribution in [3.8, 4) is 0 Å². The van der Waals surface area contributed by atoms with Crippen LogP contribution in [0.1, 0.15) is 43.8 Å². The van der Waals surface area contributed by atoms with Gasteiger partial charge in [0.2, 0.25) is 5.91 Å². The minimum Gasteiger partial charge on any atom is -0.383 e. The third kappa shape index (κ3) is 3.72. The highest BCUT2D eigenvalue weighted by Gasteiger charge is 2.32. The normalized spacial score (nSPS) is 21.8. The predicted molar refractivity (Wildman–Crippen MR) is 85.9 cm³/mol. The molecule has 1 aliphatic carbocycles. The van der Waals surface area contributed by atoms with Gasteiger partial charge in [0.25, 0.3) is 0 Å². The number of hydrogen-bond acceptors (Lipinski definition) is 5. The van der Waals surface area contributed by atoms with Crippen LogP contribution in [-0.4, -0.2) is 69.9 Å². The van der Waals surface area contributed by atoms with E-state index in [1.807, 2.05) is 11.9 Å². The molecule has 7 nitrogen and oxygen atoms in total. The van der Waals surface area contributed by atoms with Gasteiger partial charge in [0.1, 0.15) is 5.82 Å². The van der Waals surface area contributed by atoms with Gasteiger partial charge in [-0.25, -0.2) is 0 Å². The number of amides is 1. The maximum absolute atomic E-state index is 12.1. The monoisotopic (exact) mass is 321 g/mol. The topological polar surface area (TPSA) is 63.5 Å². The van der Waals surface area contributed by atoms with Crippen LogP contribution < -0.4 is 0 Å². The Bertz CT molecular complexity index is 555. The summed E-state index contributed by atoms with van der Waals surface area (Å²) in [5.74, 6) is 2.64. The number of carbonyl (C=O) groups is 1. The highest BCUT2D eigenvalue weighted by molar-refractivity contribution is 5.73. The smallest absolute Gasteiger partial charge is 0.220 e. The van der Waals surface area contributed by atoms with Crippen LogP contribution in [0.3, 0.4) is 0 Å². The largest absolute Gasteiger partial charge is 0.383 e. The summed E-state index contributed by atoms with van der Waals surface area (Å²) in [7, 11) is 3.74. The zero-order valence-corrected chi connectivity index (χ0v) is 14.4. The summed E-state index contributed by atoms with van der Waals surface area (Å²) in [5.41, 5.74) is 0. The zero-order valence-electron chi connectivity index (χ0n) is 14.4. The van der Waals surface area contributed by atoms with E-state index in [4.69, 9.17) is 4.74 Å². The van der Waals surface area contributed by atoms with E-state index in [2.05, 4.69) is 19.7 Å². The third-order valence-electron chi connectivity index (χ3n) is 4.96. The maximum atomic E-state index is 12.1. The summed E-state index contributed by atoms with van der Waals surface area (Å²) in [6.07, 6.45) is 3.43. The molecule has 128 valence electrons. The molecule has 1 atom stereocenters. The number of carbonyl (C=O) groups excluding carboxylic acids is 1. The van der Waals surface area contributed by atoms with E-state index in [1.54, 1.807) is 14.0 Å². The molecule has 2 heterocycles. The lowest BCUT2D eigenvalue weighted by Crippen LogP contribution is -2.41. The van der Waals surface area contributed by atoms with Crippen molar-refractivity contribution in [2.24, 2.45) is 7.05 Å². The number of rotatable bonds is 7. The fraction of sp³-hybridized carbons (Fsp3) is 0.812. The maximum Gasteiger partial charge on any atom is 0.220 e. The van der Waals surface area contributed by atoms with E-state index in [0.717, 1.165) is 44.3 Å². The van der Waals surface area contributed by atoms with E-state index in [-0.39, 0.29) is 11.9 Å². The molecule has 1 saturated carbocycles. The number of methoxy groups -OCH3 is 1. The first-order valence-electron chi connectivity index (χ1n) is 8.46. The molecule has 0 bridgehead atoms. The lowest BCUT2D eigenvalue weighted by atomic mass is 10.2. The molecular formula is C16H27N5O2. The Morgan fingerprint density at radius 2 is 2.13 bits per heavy atom. The van der Waals surface area contributed by atoms with Gasteiger partial charge in [0.15, 0.2) is 5.82 Å². The molecule has 1 aromatic heterocycles. The predicted octanol–water partition coefficient (Wildman–Crippen LogP) is 0.762. The van der Waals surface area contributed by atoms with E-state index >= 15 is 0 Å². The van der Waals surface area contributed by atoms with Crippen LogP contribution in [-0.2, 0) is 23.1 Å². The van der Waals surface area contributed by atoms with E-state index in [1.165, 1.54) is 12.8 Å². The lowest BCUT2D eigenvalue weighted by molar-refractivity contribution is -0.131. The Kier molecular flexibility index (Phi) is 4.96. The van der Waals surface area contributed by atoms with Gasteiger partial charge < -0.3 is 14.2 Å². The highest BCUT2D eigenvalue weighted by Crippen LogP contribution is 2.38. The van der Waals surface area contributed by atoms with Crippen LogP contribution in [0.2, 0.25) is 0 Å². The van der Waals surface area contributed by atoms with Crippen LogP contribution in [0, 0.1) is 0 Å². The van der Waals surface area contributed by atoms with Crippen molar-refractivity contribution < 1.29 is 9.53 Å².